The first-order valence-corrected chi connectivity index (χ1v) is 6.29. The van der Waals surface area contributed by atoms with Crippen molar-refractivity contribution in [3.63, 3.8) is 0 Å². The van der Waals surface area contributed by atoms with Gasteiger partial charge in [-0.05, 0) is 36.8 Å². The van der Waals surface area contributed by atoms with Gasteiger partial charge in [-0.1, -0.05) is 18.2 Å². The minimum atomic E-state index is -0.453. The van der Waals surface area contributed by atoms with E-state index in [0.717, 1.165) is 22.7 Å². The van der Waals surface area contributed by atoms with Gasteiger partial charge in [0.2, 0.25) is 0 Å². The third kappa shape index (κ3) is 3.48. The van der Waals surface area contributed by atoms with Gasteiger partial charge in [0.05, 0.1) is 6.10 Å². The second kappa shape index (κ2) is 5.76. The molecule has 0 saturated carbocycles. The fourth-order valence-corrected chi connectivity index (χ4v) is 1.78. The van der Waals surface area contributed by atoms with Gasteiger partial charge in [-0.25, -0.2) is 0 Å². The van der Waals surface area contributed by atoms with Crippen LogP contribution in [0.4, 0.5) is 5.69 Å². The molecule has 0 aliphatic heterocycles. The van der Waals surface area contributed by atoms with E-state index in [-0.39, 0.29) is 0 Å². The third-order valence-corrected chi connectivity index (χ3v) is 2.93. The summed E-state index contributed by atoms with van der Waals surface area (Å²) in [5.74, 6) is 1.57. The van der Waals surface area contributed by atoms with Gasteiger partial charge in [-0.2, -0.15) is 0 Å². The van der Waals surface area contributed by atoms with Gasteiger partial charge in [0.1, 0.15) is 11.5 Å². The lowest BCUT2D eigenvalue weighted by Gasteiger charge is -2.14. The van der Waals surface area contributed by atoms with Gasteiger partial charge in [0.25, 0.3) is 0 Å². The number of ether oxygens (including phenoxy) is 1. The molecule has 0 saturated heterocycles. The predicted molar refractivity (Wildman–Crippen MR) is 77.9 cm³/mol. The van der Waals surface area contributed by atoms with Crippen molar-refractivity contribution in [2.75, 3.05) is 19.0 Å². The molecule has 19 heavy (non-hydrogen) atoms. The van der Waals surface area contributed by atoms with Crippen molar-refractivity contribution in [1.82, 2.24) is 0 Å². The predicted octanol–water partition coefficient (Wildman–Crippen LogP) is 3.60. The smallest absolute Gasteiger partial charge is 0.129 e. The maximum absolute atomic E-state index is 9.46. The first kappa shape index (κ1) is 13.4. The molecule has 0 amide bonds. The van der Waals surface area contributed by atoms with Crippen molar-refractivity contribution in [2.24, 2.45) is 0 Å². The SMILES string of the molecule is C[C@@H](O)c1ccc(Oc2cccc(N(C)C)c2)cc1. The van der Waals surface area contributed by atoms with Crippen molar-refractivity contribution in [3.05, 3.63) is 54.1 Å². The van der Waals surface area contributed by atoms with E-state index in [4.69, 9.17) is 4.74 Å². The van der Waals surface area contributed by atoms with E-state index in [1.807, 2.05) is 67.5 Å². The van der Waals surface area contributed by atoms with Gasteiger partial charge in [0, 0.05) is 25.8 Å². The fraction of sp³-hybridized carbons (Fsp3) is 0.250. The van der Waals surface area contributed by atoms with Crippen LogP contribution in [-0.4, -0.2) is 19.2 Å². The molecule has 0 unspecified atom stereocenters. The average Bonchev–Trinajstić information content (AvgIpc) is 2.39. The maximum Gasteiger partial charge on any atom is 0.129 e. The van der Waals surface area contributed by atoms with Crippen LogP contribution < -0.4 is 9.64 Å². The van der Waals surface area contributed by atoms with E-state index >= 15 is 0 Å². The number of nitrogens with zero attached hydrogens (tertiary/aromatic N) is 1. The minimum absolute atomic E-state index is 0.453. The Kier molecular flexibility index (Phi) is 4.07. The van der Waals surface area contributed by atoms with E-state index in [2.05, 4.69) is 0 Å². The minimum Gasteiger partial charge on any atom is -0.457 e. The average molecular weight is 257 g/mol. The second-order valence-corrected chi connectivity index (χ2v) is 4.74. The largest absolute Gasteiger partial charge is 0.457 e. The van der Waals surface area contributed by atoms with Crippen LogP contribution in [0.2, 0.25) is 0 Å². The van der Waals surface area contributed by atoms with E-state index in [9.17, 15) is 5.11 Å². The molecule has 1 atom stereocenters. The van der Waals surface area contributed by atoms with Crippen molar-refractivity contribution < 1.29 is 9.84 Å². The summed E-state index contributed by atoms with van der Waals surface area (Å²) in [5.41, 5.74) is 1.98. The zero-order valence-corrected chi connectivity index (χ0v) is 11.5. The van der Waals surface area contributed by atoms with Crippen LogP contribution in [0.25, 0.3) is 0 Å². The Morgan fingerprint density at radius 3 is 2.26 bits per heavy atom. The van der Waals surface area contributed by atoms with Crippen molar-refractivity contribution in [3.8, 4) is 11.5 Å². The highest BCUT2D eigenvalue weighted by Crippen LogP contribution is 2.26. The summed E-state index contributed by atoms with van der Waals surface area (Å²) in [7, 11) is 3.99. The molecule has 0 radical (unpaired) electrons. The summed E-state index contributed by atoms with van der Waals surface area (Å²) in [5, 5.41) is 9.46. The Balaban J connectivity index is 2.14. The second-order valence-electron chi connectivity index (χ2n) is 4.74. The summed E-state index contributed by atoms with van der Waals surface area (Å²) in [6.07, 6.45) is -0.453. The van der Waals surface area contributed by atoms with Crippen LogP contribution in [-0.2, 0) is 0 Å². The molecule has 0 bridgehead atoms. The molecule has 2 rings (SSSR count). The summed E-state index contributed by atoms with van der Waals surface area (Å²) < 4.78 is 5.80. The van der Waals surface area contributed by atoms with Crippen LogP contribution in [0, 0.1) is 0 Å². The highest BCUT2D eigenvalue weighted by molar-refractivity contribution is 5.50. The fourth-order valence-electron chi connectivity index (χ4n) is 1.78. The van der Waals surface area contributed by atoms with Crippen LogP contribution in [0.5, 0.6) is 11.5 Å². The van der Waals surface area contributed by atoms with Crippen LogP contribution >= 0.6 is 0 Å². The normalized spacial score (nSPS) is 12.0. The number of hydrogen-bond acceptors (Lipinski definition) is 3. The van der Waals surface area contributed by atoms with Crippen LogP contribution in [0.3, 0.4) is 0 Å². The topological polar surface area (TPSA) is 32.7 Å². The van der Waals surface area contributed by atoms with Gasteiger partial charge >= 0.3 is 0 Å². The van der Waals surface area contributed by atoms with Gasteiger partial charge in [-0.15, -0.1) is 0 Å². The standard InChI is InChI=1S/C16H19NO2/c1-12(18)13-7-9-15(10-8-13)19-16-6-4-5-14(11-16)17(2)3/h4-12,18H,1-3H3/t12-/m1/s1. The Hall–Kier alpha value is -2.00. The van der Waals surface area contributed by atoms with Gasteiger partial charge < -0.3 is 14.7 Å². The van der Waals surface area contributed by atoms with Gasteiger partial charge in [-0.3, -0.25) is 0 Å². The highest BCUT2D eigenvalue weighted by Gasteiger charge is 2.03. The maximum atomic E-state index is 9.46. The van der Waals surface area contributed by atoms with E-state index < -0.39 is 6.10 Å². The Labute approximate surface area is 114 Å². The zero-order valence-electron chi connectivity index (χ0n) is 11.5. The molecule has 2 aromatic rings. The molecule has 1 N–H and O–H groups in total. The first-order valence-electron chi connectivity index (χ1n) is 6.29. The molecule has 0 aliphatic carbocycles. The Morgan fingerprint density at radius 1 is 1.00 bits per heavy atom. The van der Waals surface area contributed by atoms with Crippen molar-refractivity contribution >= 4 is 5.69 Å². The number of rotatable bonds is 4. The molecule has 0 aromatic heterocycles. The van der Waals surface area contributed by atoms with Gasteiger partial charge in [0.15, 0.2) is 0 Å². The summed E-state index contributed by atoms with van der Waals surface area (Å²) >= 11 is 0. The molecule has 0 fully saturated rings. The molecule has 100 valence electrons. The molecular formula is C16H19NO2. The first-order chi connectivity index (χ1) is 9.06. The lowest BCUT2D eigenvalue weighted by Crippen LogP contribution is -2.08. The van der Waals surface area contributed by atoms with Crippen molar-refractivity contribution in [2.45, 2.75) is 13.0 Å². The quantitative estimate of drug-likeness (QED) is 0.908. The molecule has 2 aromatic carbocycles. The number of aliphatic hydroxyl groups is 1. The third-order valence-electron chi connectivity index (χ3n) is 2.93. The summed E-state index contributed by atoms with van der Waals surface area (Å²) in [6, 6.07) is 15.4. The molecule has 0 aliphatic rings. The number of benzene rings is 2. The molecule has 0 spiro atoms. The summed E-state index contributed by atoms with van der Waals surface area (Å²) in [6.45, 7) is 1.75. The van der Waals surface area contributed by atoms with E-state index in [1.165, 1.54) is 0 Å². The lowest BCUT2D eigenvalue weighted by molar-refractivity contribution is 0.199. The zero-order chi connectivity index (χ0) is 13.8. The highest BCUT2D eigenvalue weighted by atomic mass is 16.5. The lowest BCUT2D eigenvalue weighted by atomic mass is 10.1. The molecule has 3 heteroatoms. The molecule has 3 nitrogen and oxygen atoms in total. The molecule has 0 heterocycles. The Bertz CT molecular complexity index is 533. The number of hydrogen-bond donors (Lipinski definition) is 1. The van der Waals surface area contributed by atoms with E-state index in [1.54, 1.807) is 6.92 Å². The summed E-state index contributed by atoms with van der Waals surface area (Å²) in [4.78, 5) is 2.03. The van der Waals surface area contributed by atoms with Crippen LogP contribution in [0.1, 0.15) is 18.6 Å². The monoisotopic (exact) mass is 257 g/mol. The van der Waals surface area contributed by atoms with Crippen molar-refractivity contribution in [1.29, 1.82) is 0 Å². The van der Waals surface area contributed by atoms with E-state index in [0.29, 0.717) is 0 Å². The van der Waals surface area contributed by atoms with Crippen LogP contribution in [0.15, 0.2) is 48.5 Å². The number of aliphatic hydroxyl groups excluding tert-OH is 1. The Morgan fingerprint density at radius 2 is 1.68 bits per heavy atom. The number of anilines is 1. The molecular weight excluding hydrogens is 238 g/mol.